The quantitative estimate of drug-likeness (QED) is 0.809. The molecule has 0 aromatic heterocycles. The Balaban J connectivity index is 2.17. The molecule has 0 spiro atoms. The predicted octanol–water partition coefficient (Wildman–Crippen LogP) is 3.95. The van der Waals surface area contributed by atoms with Crippen molar-refractivity contribution < 1.29 is 0 Å². The van der Waals surface area contributed by atoms with Gasteiger partial charge in [0.25, 0.3) is 0 Å². The second-order valence-corrected chi connectivity index (χ2v) is 6.06. The van der Waals surface area contributed by atoms with Crippen molar-refractivity contribution in [1.82, 2.24) is 5.32 Å². The van der Waals surface area contributed by atoms with Crippen LogP contribution in [-0.2, 0) is 6.42 Å². The highest BCUT2D eigenvalue weighted by molar-refractivity contribution is 5.28. The summed E-state index contributed by atoms with van der Waals surface area (Å²) in [7, 11) is 2.09. The van der Waals surface area contributed by atoms with Crippen LogP contribution in [0, 0.1) is 11.3 Å². The number of rotatable bonds is 5. The number of nitrogens with one attached hydrogen (secondary N) is 1. The van der Waals surface area contributed by atoms with Gasteiger partial charge in [-0.25, -0.2) is 0 Å². The predicted molar refractivity (Wildman–Crippen MR) is 74.1 cm³/mol. The number of aryl methyl sites for hydroxylation is 1. The van der Waals surface area contributed by atoms with E-state index in [0.29, 0.717) is 11.5 Å². The maximum absolute atomic E-state index is 3.51. The fraction of sp³-hybridized carbons (Fsp3) is 0.625. The molecule has 1 fully saturated rings. The van der Waals surface area contributed by atoms with Gasteiger partial charge in [0.15, 0.2) is 0 Å². The fourth-order valence-corrected chi connectivity index (χ4v) is 2.91. The average Bonchev–Trinajstić information content (AvgIpc) is 2.90. The molecular weight excluding hydrogens is 206 g/mol. The average molecular weight is 231 g/mol. The lowest BCUT2D eigenvalue weighted by Crippen LogP contribution is -2.20. The van der Waals surface area contributed by atoms with Gasteiger partial charge in [0.05, 0.1) is 0 Å². The lowest BCUT2D eigenvalue weighted by atomic mass is 9.95. The summed E-state index contributed by atoms with van der Waals surface area (Å²) in [5.41, 5.74) is 3.46. The van der Waals surface area contributed by atoms with Gasteiger partial charge in [0.1, 0.15) is 0 Å². The lowest BCUT2D eigenvalue weighted by molar-refractivity contribution is 0.440. The molecule has 0 bridgehead atoms. The van der Waals surface area contributed by atoms with E-state index >= 15 is 0 Å². The van der Waals surface area contributed by atoms with Crippen molar-refractivity contribution in [2.75, 3.05) is 7.05 Å². The van der Waals surface area contributed by atoms with Gasteiger partial charge in [-0.2, -0.15) is 0 Å². The fourth-order valence-electron chi connectivity index (χ4n) is 2.91. The van der Waals surface area contributed by atoms with Gasteiger partial charge < -0.3 is 5.32 Å². The molecule has 1 aliphatic carbocycles. The molecule has 1 aromatic rings. The van der Waals surface area contributed by atoms with Crippen LogP contribution in [0.25, 0.3) is 0 Å². The summed E-state index contributed by atoms with van der Waals surface area (Å²) in [5.74, 6) is 0.796. The van der Waals surface area contributed by atoms with Crippen molar-refractivity contribution in [1.29, 1.82) is 0 Å². The third-order valence-corrected chi connectivity index (χ3v) is 4.15. The van der Waals surface area contributed by atoms with Gasteiger partial charge in [0, 0.05) is 6.04 Å². The molecule has 2 atom stereocenters. The first kappa shape index (κ1) is 12.6. The molecule has 1 N–H and O–H groups in total. The highest BCUT2D eigenvalue weighted by Crippen LogP contribution is 2.57. The molecular formula is C16H25N. The summed E-state index contributed by atoms with van der Waals surface area (Å²) in [6.07, 6.45) is 3.76. The van der Waals surface area contributed by atoms with Crippen LogP contribution in [0.1, 0.15) is 50.8 Å². The lowest BCUT2D eigenvalue weighted by Gasteiger charge is -2.19. The number of hydrogen-bond donors (Lipinski definition) is 1. The molecule has 1 aromatic carbocycles. The minimum atomic E-state index is 0.522. The van der Waals surface area contributed by atoms with Gasteiger partial charge in [-0.05, 0) is 42.3 Å². The standard InChI is InChI=1S/C16H25N/c1-5-7-12-8-6-9-13(10-12)15(17-4)14-11-16(14,2)3/h6,8-10,14-15,17H,5,7,11H2,1-4H3. The Labute approximate surface area is 106 Å². The Hall–Kier alpha value is -0.820. The molecule has 0 aliphatic heterocycles. The van der Waals surface area contributed by atoms with E-state index in [1.54, 1.807) is 0 Å². The SMILES string of the molecule is CCCc1cccc(C(NC)C2CC2(C)C)c1. The molecule has 94 valence electrons. The van der Waals surface area contributed by atoms with Crippen LogP contribution in [-0.4, -0.2) is 7.05 Å². The summed E-state index contributed by atoms with van der Waals surface area (Å²) in [6.45, 7) is 6.99. The second kappa shape index (κ2) is 4.81. The maximum Gasteiger partial charge on any atom is 0.0351 e. The largest absolute Gasteiger partial charge is 0.313 e. The maximum atomic E-state index is 3.51. The van der Waals surface area contributed by atoms with Crippen LogP contribution in [0.5, 0.6) is 0 Å². The Kier molecular flexibility index (Phi) is 3.58. The van der Waals surface area contributed by atoms with E-state index in [2.05, 4.69) is 57.4 Å². The zero-order valence-corrected chi connectivity index (χ0v) is 11.6. The summed E-state index contributed by atoms with van der Waals surface area (Å²) < 4.78 is 0. The van der Waals surface area contributed by atoms with Crippen LogP contribution < -0.4 is 5.32 Å². The Morgan fingerprint density at radius 1 is 1.41 bits per heavy atom. The van der Waals surface area contributed by atoms with Crippen LogP contribution in [0.4, 0.5) is 0 Å². The molecule has 17 heavy (non-hydrogen) atoms. The van der Waals surface area contributed by atoms with Crippen LogP contribution in [0.2, 0.25) is 0 Å². The minimum Gasteiger partial charge on any atom is -0.313 e. The van der Waals surface area contributed by atoms with Crippen molar-refractivity contribution in [3.05, 3.63) is 35.4 Å². The molecule has 1 saturated carbocycles. The third-order valence-electron chi connectivity index (χ3n) is 4.15. The highest BCUT2D eigenvalue weighted by Gasteiger charge is 2.49. The highest BCUT2D eigenvalue weighted by atomic mass is 14.9. The van der Waals surface area contributed by atoms with E-state index in [1.807, 2.05) is 0 Å². The molecule has 2 rings (SSSR count). The van der Waals surface area contributed by atoms with Crippen LogP contribution in [0.3, 0.4) is 0 Å². The molecule has 1 aliphatic rings. The van der Waals surface area contributed by atoms with E-state index < -0.39 is 0 Å². The zero-order chi connectivity index (χ0) is 12.5. The molecule has 0 radical (unpaired) electrons. The van der Waals surface area contributed by atoms with Crippen molar-refractivity contribution in [2.45, 2.75) is 46.1 Å². The van der Waals surface area contributed by atoms with Crippen molar-refractivity contribution in [2.24, 2.45) is 11.3 Å². The Morgan fingerprint density at radius 3 is 2.65 bits per heavy atom. The van der Waals surface area contributed by atoms with Crippen molar-refractivity contribution in [3.63, 3.8) is 0 Å². The molecule has 2 unspecified atom stereocenters. The van der Waals surface area contributed by atoms with Crippen LogP contribution in [0.15, 0.2) is 24.3 Å². The van der Waals surface area contributed by atoms with E-state index in [4.69, 9.17) is 0 Å². The summed E-state index contributed by atoms with van der Waals surface area (Å²) in [5, 5.41) is 3.51. The minimum absolute atomic E-state index is 0.522. The second-order valence-electron chi connectivity index (χ2n) is 6.06. The van der Waals surface area contributed by atoms with Gasteiger partial charge in [0.2, 0.25) is 0 Å². The normalized spacial score (nSPS) is 23.4. The number of hydrogen-bond acceptors (Lipinski definition) is 1. The van der Waals surface area contributed by atoms with Gasteiger partial charge in [-0.3, -0.25) is 0 Å². The summed E-state index contributed by atoms with van der Waals surface area (Å²) in [4.78, 5) is 0. The van der Waals surface area contributed by atoms with Crippen molar-refractivity contribution in [3.8, 4) is 0 Å². The number of benzene rings is 1. The van der Waals surface area contributed by atoms with E-state index in [0.717, 1.165) is 5.92 Å². The Bertz CT molecular complexity index is 381. The molecule has 0 saturated heterocycles. The summed E-state index contributed by atoms with van der Waals surface area (Å²) >= 11 is 0. The van der Waals surface area contributed by atoms with Gasteiger partial charge in [-0.15, -0.1) is 0 Å². The van der Waals surface area contributed by atoms with E-state index in [-0.39, 0.29) is 0 Å². The van der Waals surface area contributed by atoms with Gasteiger partial charge in [-0.1, -0.05) is 51.5 Å². The molecule has 1 nitrogen and oxygen atoms in total. The molecule has 1 heteroatoms. The van der Waals surface area contributed by atoms with E-state index in [9.17, 15) is 0 Å². The van der Waals surface area contributed by atoms with Gasteiger partial charge >= 0.3 is 0 Å². The smallest absolute Gasteiger partial charge is 0.0351 e. The molecule has 0 heterocycles. The first-order valence-corrected chi connectivity index (χ1v) is 6.84. The monoisotopic (exact) mass is 231 g/mol. The topological polar surface area (TPSA) is 12.0 Å². The first-order valence-electron chi connectivity index (χ1n) is 6.84. The summed E-state index contributed by atoms with van der Waals surface area (Å²) in [6, 6.07) is 9.65. The first-order chi connectivity index (χ1) is 8.08. The molecule has 0 amide bonds. The third kappa shape index (κ3) is 2.71. The van der Waals surface area contributed by atoms with Crippen LogP contribution >= 0.6 is 0 Å². The van der Waals surface area contributed by atoms with Crippen molar-refractivity contribution >= 4 is 0 Å². The Morgan fingerprint density at radius 2 is 2.12 bits per heavy atom. The van der Waals surface area contributed by atoms with E-state index in [1.165, 1.54) is 30.4 Å². The zero-order valence-electron chi connectivity index (χ0n) is 11.6.